The number of rotatable bonds is 5. The summed E-state index contributed by atoms with van der Waals surface area (Å²) < 4.78 is 1.28. The lowest BCUT2D eigenvalue weighted by Gasteiger charge is -2.22. The molecule has 1 saturated carbocycles. The minimum absolute atomic E-state index is 0.0368. The third kappa shape index (κ3) is 4.95. The van der Waals surface area contributed by atoms with Crippen molar-refractivity contribution in [3.05, 3.63) is 63.1 Å². The summed E-state index contributed by atoms with van der Waals surface area (Å²) in [6.45, 7) is 3.21. The summed E-state index contributed by atoms with van der Waals surface area (Å²) in [5, 5.41) is 15.0. The number of nitrogens with one attached hydrogen (secondary N) is 2. The van der Waals surface area contributed by atoms with E-state index in [9.17, 15) is 19.6 Å². The van der Waals surface area contributed by atoms with Crippen molar-refractivity contribution in [2.75, 3.05) is 5.32 Å². The van der Waals surface area contributed by atoms with Crippen molar-refractivity contribution >= 4 is 17.5 Å². The molecule has 2 amide bonds. The summed E-state index contributed by atoms with van der Waals surface area (Å²) in [6, 6.07) is 10.6. The van der Waals surface area contributed by atoms with Gasteiger partial charge in [0.2, 0.25) is 5.91 Å². The summed E-state index contributed by atoms with van der Waals surface area (Å²) in [5.74, 6) is -0.556. The van der Waals surface area contributed by atoms with Gasteiger partial charge in [-0.15, -0.1) is 0 Å². The van der Waals surface area contributed by atoms with Gasteiger partial charge in [0.1, 0.15) is 18.2 Å². The molecule has 7 heteroatoms. The molecule has 2 N–H and O–H groups in total. The third-order valence-electron chi connectivity index (χ3n) is 5.47. The largest absolute Gasteiger partial charge is 0.349 e. The van der Waals surface area contributed by atoms with E-state index in [-0.39, 0.29) is 24.1 Å². The molecule has 156 valence electrons. The molecule has 30 heavy (non-hydrogen) atoms. The molecule has 3 rings (SSSR count). The van der Waals surface area contributed by atoms with Crippen LogP contribution in [0.3, 0.4) is 0 Å². The van der Waals surface area contributed by atoms with Crippen LogP contribution in [0, 0.1) is 25.2 Å². The van der Waals surface area contributed by atoms with Gasteiger partial charge in [0, 0.05) is 23.0 Å². The van der Waals surface area contributed by atoms with Gasteiger partial charge in [0.15, 0.2) is 0 Å². The Balaban J connectivity index is 1.69. The zero-order valence-corrected chi connectivity index (χ0v) is 17.3. The first-order chi connectivity index (χ1) is 14.4. The standard InChI is InChI=1S/C23H26N4O3/c1-15-11-16(2)27(23(30)20(15)13-24)14-21(28)25-19-10-6-7-17(12-19)22(29)26-18-8-4-3-5-9-18/h6-7,10-12,18H,3-5,8-9,14H2,1-2H3,(H,25,28)(H,26,29). The van der Waals surface area contributed by atoms with E-state index < -0.39 is 11.5 Å². The molecule has 1 aliphatic rings. The van der Waals surface area contributed by atoms with E-state index in [0.717, 1.165) is 25.7 Å². The molecular weight excluding hydrogens is 380 g/mol. The molecular formula is C23H26N4O3. The Morgan fingerprint density at radius 3 is 2.60 bits per heavy atom. The van der Waals surface area contributed by atoms with E-state index in [1.807, 2.05) is 6.07 Å². The minimum Gasteiger partial charge on any atom is -0.349 e. The van der Waals surface area contributed by atoms with E-state index in [1.165, 1.54) is 11.0 Å². The van der Waals surface area contributed by atoms with E-state index in [0.29, 0.717) is 22.5 Å². The predicted octanol–water partition coefficient (Wildman–Crippen LogP) is 3.04. The van der Waals surface area contributed by atoms with Crippen LogP contribution in [-0.4, -0.2) is 22.4 Å². The smallest absolute Gasteiger partial charge is 0.269 e. The topological polar surface area (TPSA) is 104 Å². The van der Waals surface area contributed by atoms with Gasteiger partial charge >= 0.3 is 0 Å². The number of hydrogen-bond donors (Lipinski definition) is 2. The Labute approximate surface area is 175 Å². The number of carbonyl (C=O) groups is 2. The minimum atomic E-state index is -0.481. The molecule has 1 aromatic heterocycles. The number of aryl methyl sites for hydroxylation is 2. The van der Waals surface area contributed by atoms with Gasteiger partial charge in [-0.25, -0.2) is 0 Å². The Morgan fingerprint density at radius 1 is 1.17 bits per heavy atom. The highest BCUT2D eigenvalue weighted by Crippen LogP contribution is 2.18. The lowest BCUT2D eigenvalue weighted by atomic mass is 9.95. The van der Waals surface area contributed by atoms with Crippen LogP contribution in [0.1, 0.15) is 59.3 Å². The van der Waals surface area contributed by atoms with E-state index in [1.54, 1.807) is 44.2 Å². The van der Waals surface area contributed by atoms with Crippen LogP contribution < -0.4 is 16.2 Å². The van der Waals surface area contributed by atoms with E-state index >= 15 is 0 Å². The predicted molar refractivity (Wildman–Crippen MR) is 114 cm³/mol. The maximum absolute atomic E-state index is 12.5. The molecule has 2 aromatic rings. The molecule has 0 atom stereocenters. The second-order valence-electron chi connectivity index (χ2n) is 7.78. The van der Waals surface area contributed by atoms with Crippen LogP contribution in [0.5, 0.6) is 0 Å². The fourth-order valence-electron chi connectivity index (χ4n) is 3.86. The van der Waals surface area contributed by atoms with Crippen molar-refractivity contribution in [2.24, 2.45) is 0 Å². The van der Waals surface area contributed by atoms with Crippen LogP contribution in [0.25, 0.3) is 0 Å². The number of benzene rings is 1. The highest BCUT2D eigenvalue weighted by molar-refractivity contribution is 5.97. The van der Waals surface area contributed by atoms with Crippen LogP contribution in [-0.2, 0) is 11.3 Å². The zero-order chi connectivity index (χ0) is 21.7. The number of pyridine rings is 1. The molecule has 1 heterocycles. The first-order valence-electron chi connectivity index (χ1n) is 10.2. The number of amides is 2. The van der Waals surface area contributed by atoms with Gasteiger partial charge in [-0.3, -0.25) is 14.4 Å². The fraction of sp³-hybridized carbons (Fsp3) is 0.391. The van der Waals surface area contributed by atoms with E-state index in [4.69, 9.17) is 0 Å². The first-order valence-corrected chi connectivity index (χ1v) is 10.2. The van der Waals surface area contributed by atoms with Gasteiger partial charge < -0.3 is 15.2 Å². The van der Waals surface area contributed by atoms with Crippen LogP contribution in [0.4, 0.5) is 5.69 Å². The summed E-state index contributed by atoms with van der Waals surface area (Å²) in [6.07, 6.45) is 5.47. The van der Waals surface area contributed by atoms with Gasteiger partial charge in [-0.2, -0.15) is 5.26 Å². The van der Waals surface area contributed by atoms with Crippen LogP contribution in [0.15, 0.2) is 35.1 Å². The van der Waals surface area contributed by atoms with Crippen molar-refractivity contribution in [1.29, 1.82) is 5.26 Å². The summed E-state index contributed by atoms with van der Waals surface area (Å²) in [4.78, 5) is 37.5. The van der Waals surface area contributed by atoms with Gasteiger partial charge in [-0.1, -0.05) is 25.3 Å². The second-order valence-corrected chi connectivity index (χ2v) is 7.78. The number of nitriles is 1. The molecule has 0 aliphatic heterocycles. The fourth-order valence-corrected chi connectivity index (χ4v) is 3.86. The zero-order valence-electron chi connectivity index (χ0n) is 17.3. The molecule has 1 aromatic carbocycles. The number of carbonyl (C=O) groups excluding carboxylic acids is 2. The Hall–Kier alpha value is -3.40. The van der Waals surface area contributed by atoms with Gasteiger partial charge in [-0.05, 0) is 56.5 Å². The van der Waals surface area contributed by atoms with Crippen molar-refractivity contribution in [1.82, 2.24) is 9.88 Å². The molecule has 0 radical (unpaired) electrons. The first kappa shape index (κ1) is 21.3. The normalized spacial score (nSPS) is 14.0. The average molecular weight is 406 g/mol. The monoisotopic (exact) mass is 406 g/mol. The lowest BCUT2D eigenvalue weighted by Crippen LogP contribution is -2.36. The van der Waals surface area contributed by atoms with Crippen molar-refractivity contribution < 1.29 is 9.59 Å². The molecule has 0 saturated heterocycles. The van der Waals surface area contributed by atoms with Gasteiger partial charge in [0.05, 0.1) is 0 Å². The Kier molecular flexibility index (Phi) is 6.68. The summed E-state index contributed by atoms with van der Waals surface area (Å²) >= 11 is 0. The number of hydrogen-bond acceptors (Lipinski definition) is 4. The average Bonchev–Trinajstić information content (AvgIpc) is 2.72. The molecule has 0 bridgehead atoms. The SMILES string of the molecule is Cc1cc(C)n(CC(=O)Nc2cccc(C(=O)NC3CCCCC3)c2)c(=O)c1C#N. The van der Waals surface area contributed by atoms with Crippen molar-refractivity contribution in [3.8, 4) is 6.07 Å². The lowest BCUT2D eigenvalue weighted by molar-refractivity contribution is -0.116. The van der Waals surface area contributed by atoms with Crippen molar-refractivity contribution in [2.45, 2.75) is 58.5 Å². The quantitative estimate of drug-likeness (QED) is 0.796. The van der Waals surface area contributed by atoms with Gasteiger partial charge in [0.25, 0.3) is 11.5 Å². The Morgan fingerprint density at radius 2 is 1.90 bits per heavy atom. The maximum atomic E-state index is 12.5. The molecule has 1 aliphatic carbocycles. The molecule has 1 fully saturated rings. The van der Waals surface area contributed by atoms with Crippen LogP contribution in [0.2, 0.25) is 0 Å². The number of anilines is 1. The van der Waals surface area contributed by atoms with Crippen LogP contribution >= 0.6 is 0 Å². The number of aromatic nitrogens is 1. The third-order valence-corrected chi connectivity index (χ3v) is 5.47. The maximum Gasteiger partial charge on any atom is 0.269 e. The molecule has 0 spiro atoms. The molecule has 0 unspecified atom stereocenters. The molecule has 7 nitrogen and oxygen atoms in total. The van der Waals surface area contributed by atoms with Crippen molar-refractivity contribution in [3.63, 3.8) is 0 Å². The summed E-state index contributed by atoms with van der Waals surface area (Å²) in [5.41, 5.74) is 1.71. The highest BCUT2D eigenvalue weighted by Gasteiger charge is 2.17. The Bertz CT molecular complexity index is 1060. The second kappa shape index (κ2) is 9.40. The van der Waals surface area contributed by atoms with E-state index in [2.05, 4.69) is 10.6 Å². The summed E-state index contributed by atoms with van der Waals surface area (Å²) in [7, 11) is 0. The number of nitrogens with zero attached hydrogens (tertiary/aromatic N) is 2. The highest BCUT2D eigenvalue weighted by atomic mass is 16.2.